The second kappa shape index (κ2) is 4.29. The van der Waals surface area contributed by atoms with Gasteiger partial charge in [-0.25, -0.2) is 4.98 Å². The lowest BCUT2D eigenvalue weighted by molar-refractivity contribution is 0.308. The molecule has 1 aliphatic rings. The van der Waals surface area contributed by atoms with Crippen LogP contribution in [0.25, 0.3) is 11.0 Å². The molecule has 2 aromatic rings. The zero-order chi connectivity index (χ0) is 12.7. The monoisotopic (exact) mass is 305 g/mol. The van der Waals surface area contributed by atoms with Gasteiger partial charge in [0.2, 0.25) is 5.76 Å². The molecule has 4 nitrogen and oxygen atoms in total. The topological polar surface area (TPSA) is 61.9 Å². The lowest BCUT2D eigenvalue weighted by atomic mass is 9.82. The van der Waals surface area contributed by atoms with E-state index >= 15 is 0 Å². The average molecular weight is 306 g/mol. The van der Waals surface area contributed by atoms with Gasteiger partial charge in [-0.2, -0.15) is 5.26 Å². The molecule has 0 radical (unpaired) electrons. The number of aromatic nitrogens is 1. The molecular weight excluding hydrogens is 294 g/mol. The van der Waals surface area contributed by atoms with E-state index in [9.17, 15) is 0 Å². The minimum Gasteiger partial charge on any atom is -0.444 e. The van der Waals surface area contributed by atoms with Crippen molar-refractivity contribution in [3.63, 3.8) is 0 Å². The van der Waals surface area contributed by atoms with Gasteiger partial charge >= 0.3 is 0 Å². The number of anilines is 1. The summed E-state index contributed by atoms with van der Waals surface area (Å²) in [6.45, 7) is 2.25. The van der Waals surface area contributed by atoms with Gasteiger partial charge in [0.05, 0.1) is 10.7 Å². The fraction of sp³-hybridized carbons (Fsp3) is 0.385. The van der Waals surface area contributed by atoms with Crippen molar-refractivity contribution in [2.24, 2.45) is 5.92 Å². The molecule has 2 aromatic heterocycles. The van der Waals surface area contributed by atoms with Gasteiger partial charge in [-0.1, -0.05) is 6.92 Å². The Hall–Kier alpha value is -1.54. The summed E-state index contributed by atoms with van der Waals surface area (Å²) in [5.74, 6) is 1.93. The highest BCUT2D eigenvalue weighted by Crippen LogP contribution is 2.35. The number of pyridine rings is 1. The van der Waals surface area contributed by atoms with Gasteiger partial charge in [0, 0.05) is 17.5 Å². The predicted molar refractivity (Wildman–Crippen MR) is 72.2 cm³/mol. The van der Waals surface area contributed by atoms with Crippen LogP contribution in [0.2, 0.25) is 0 Å². The zero-order valence-corrected chi connectivity index (χ0v) is 11.5. The van der Waals surface area contributed by atoms with Gasteiger partial charge < -0.3 is 9.73 Å². The molecule has 1 N–H and O–H groups in total. The molecule has 18 heavy (non-hydrogen) atoms. The predicted octanol–water partition coefficient (Wildman–Crippen LogP) is 3.67. The Morgan fingerprint density at radius 3 is 3.00 bits per heavy atom. The summed E-state index contributed by atoms with van der Waals surface area (Å²) in [5, 5.41) is 13.1. The maximum Gasteiger partial charge on any atom is 0.204 e. The van der Waals surface area contributed by atoms with Gasteiger partial charge in [-0.3, -0.25) is 0 Å². The Morgan fingerprint density at radius 2 is 2.33 bits per heavy atom. The molecule has 5 heteroatoms. The zero-order valence-electron chi connectivity index (χ0n) is 9.90. The van der Waals surface area contributed by atoms with Crippen molar-refractivity contribution >= 4 is 32.7 Å². The van der Waals surface area contributed by atoms with Crippen LogP contribution in [-0.2, 0) is 0 Å². The first-order valence-electron chi connectivity index (χ1n) is 5.92. The fourth-order valence-electron chi connectivity index (χ4n) is 2.35. The summed E-state index contributed by atoms with van der Waals surface area (Å²) < 4.78 is 6.20. The summed E-state index contributed by atoms with van der Waals surface area (Å²) in [4.78, 5) is 4.34. The van der Waals surface area contributed by atoms with Gasteiger partial charge in [0.25, 0.3) is 0 Å². The summed E-state index contributed by atoms with van der Waals surface area (Å²) in [6, 6.07) is 4.23. The van der Waals surface area contributed by atoms with Crippen LogP contribution >= 0.6 is 15.9 Å². The van der Waals surface area contributed by atoms with Gasteiger partial charge in [-0.05, 0) is 34.7 Å². The van der Waals surface area contributed by atoms with Crippen LogP contribution in [0, 0.1) is 17.2 Å². The molecule has 0 spiro atoms. The number of nitriles is 1. The van der Waals surface area contributed by atoms with E-state index in [0.29, 0.717) is 17.4 Å². The van der Waals surface area contributed by atoms with Crippen molar-refractivity contribution in [3.05, 3.63) is 22.5 Å². The van der Waals surface area contributed by atoms with Crippen LogP contribution < -0.4 is 5.32 Å². The minimum absolute atomic E-state index is 0.307. The molecule has 0 atom stereocenters. The molecule has 1 saturated carbocycles. The molecule has 92 valence electrons. The molecule has 1 fully saturated rings. The third kappa shape index (κ3) is 1.87. The highest BCUT2D eigenvalue weighted by molar-refractivity contribution is 9.10. The molecule has 0 aromatic carbocycles. The van der Waals surface area contributed by atoms with Crippen LogP contribution in [0.15, 0.2) is 21.2 Å². The van der Waals surface area contributed by atoms with Crippen molar-refractivity contribution in [1.29, 1.82) is 5.26 Å². The van der Waals surface area contributed by atoms with Gasteiger partial charge in [-0.15, -0.1) is 0 Å². The summed E-state index contributed by atoms with van der Waals surface area (Å²) in [7, 11) is 0. The molecule has 0 bridgehead atoms. The number of rotatable bonds is 2. The Balaban J connectivity index is 1.93. The Labute approximate surface area is 113 Å². The number of nitrogens with zero attached hydrogens (tertiary/aromatic N) is 2. The van der Waals surface area contributed by atoms with E-state index in [1.165, 1.54) is 12.8 Å². The standard InChI is InChI=1S/C13H12BrN3O/c1-7-2-8(3-7)17-13-12(14)10-4-9(5-15)18-11(10)6-16-13/h4,6-8H,2-3H2,1H3,(H,16,17). The van der Waals surface area contributed by atoms with Crippen LogP contribution in [0.4, 0.5) is 5.82 Å². The lowest BCUT2D eigenvalue weighted by Crippen LogP contribution is -2.34. The molecule has 1 aliphatic carbocycles. The number of furan rings is 1. The third-order valence-corrected chi connectivity index (χ3v) is 4.14. The lowest BCUT2D eigenvalue weighted by Gasteiger charge is -2.33. The molecular formula is C13H12BrN3O. The second-order valence-electron chi connectivity index (χ2n) is 4.84. The van der Waals surface area contributed by atoms with Crippen molar-refractivity contribution in [2.75, 3.05) is 5.32 Å². The van der Waals surface area contributed by atoms with Crippen LogP contribution in [0.1, 0.15) is 25.5 Å². The number of hydrogen-bond donors (Lipinski definition) is 1. The fourth-order valence-corrected chi connectivity index (χ4v) is 2.88. The molecule has 0 saturated heterocycles. The highest BCUT2D eigenvalue weighted by atomic mass is 79.9. The van der Waals surface area contributed by atoms with Gasteiger partial charge in [0.1, 0.15) is 11.9 Å². The average Bonchev–Trinajstić information content (AvgIpc) is 2.74. The summed E-state index contributed by atoms with van der Waals surface area (Å²) in [5.41, 5.74) is 0.631. The first-order valence-corrected chi connectivity index (χ1v) is 6.71. The second-order valence-corrected chi connectivity index (χ2v) is 5.63. The maximum absolute atomic E-state index is 8.83. The molecule has 0 aliphatic heterocycles. The molecule has 0 unspecified atom stereocenters. The molecule has 2 heterocycles. The van der Waals surface area contributed by atoms with E-state index in [1.807, 2.05) is 6.07 Å². The van der Waals surface area contributed by atoms with E-state index < -0.39 is 0 Å². The van der Waals surface area contributed by atoms with Crippen LogP contribution in [0.3, 0.4) is 0 Å². The summed E-state index contributed by atoms with van der Waals surface area (Å²) in [6.07, 6.45) is 4.02. The van der Waals surface area contributed by atoms with E-state index in [1.54, 1.807) is 12.3 Å². The van der Waals surface area contributed by atoms with Crippen LogP contribution in [-0.4, -0.2) is 11.0 Å². The van der Waals surface area contributed by atoms with Crippen molar-refractivity contribution < 1.29 is 4.42 Å². The van der Waals surface area contributed by atoms with Crippen molar-refractivity contribution in [2.45, 2.75) is 25.8 Å². The third-order valence-electron chi connectivity index (χ3n) is 3.34. The Bertz CT molecular complexity index is 637. The Morgan fingerprint density at radius 1 is 1.56 bits per heavy atom. The largest absolute Gasteiger partial charge is 0.444 e. The summed E-state index contributed by atoms with van der Waals surface area (Å²) >= 11 is 3.53. The molecule has 0 amide bonds. The normalized spacial score (nSPS) is 22.5. The minimum atomic E-state index is 0.307. The molecule has 3 rings (SSSR count). The van der Waals surface area contributed by atoms with E-state index in [4.69, 9.17) is 9.68 Å². The SMILES string of the molecule is CC1CC(Nc2ncc3oc(C#N)cc3c2Br)C1. The van der Waals surface area contributed by atoms with E-state index in [0.717, 1.165) is 21.6 Å². The number of halogens is 1. The van der Waals surface area contributed by atoms with Crippen molar-refractivity contribution in [3.8, 4) is 6.07 Å². The first kappa shape index (κ1) is 11.5. The van der Waals surface area contributed by atoms with E-state index in [2.05, 4.69) is 33.2 Å². The quantitative estimate of drug-likeness (QED) is 0.919. The number of nitrogens with one attached hydrogen (secondary N) is 1. The number of hydrogen-bond acceptors (Lipinski definition) is 4. The first-order chi connectivity index (χ1) is 8.67. The van der Waals surface area contributed by atoms with Gasteiger partial charge in [0.15, 0.2) is 5.58 Å². The van der Waals surface area contributed by atoms with Crippen molar-refractivity contribution in [1.82, 2.24) is 4.98 Å². The highest BCUT2D eigenvalue weighted by Gasteiger charge is 2.26. The number of fused-ring (bicyclic) bond motifs is 1. The van der Waals surface area contributed by atoms with Crippen LogP contribution in [0.5, 0.6) is 0 Å². The Kier molecular flexibility index (Phi) is 2.75. The van der Waals surface area contributed by atoms with E-state index in [-0.39, 0.29) is 0 Å². The smallest absolute Gasteiger partial charge is 0.204 e. The maximum atomic E-state index is 8.83.